The van der Waals surface area contributed by atoms with Crippen LogP contribution in [0.25, 0.3) is 0 Å². The minimum atomic E-state index is -1.44. The summed E-state index contributed by atoms with van der Waals surface area (Å²) in [6.45, 7) is 3.31. The van der Waals surface area contributed by atoms with Gasteiger partial charge in [-0.1, -0.05) is 12.7 Å². The van der Waals surface area contributed by atoms with Crippen molar-refractivity contribution < 1.29 is 70.8 Å². The summed E-state index contributed by atoms with van der Waals surface area (Å²) in [6.07, 6.45) is 0.654. The first-order chi connectivity index (χ1) is 4.66. The van der Waals surface area contributed by atoms with E-state index in [1.165, 1.54) is 6.08 Å². The van der Waals surface area contributed by atoms with Gasteiger partial charge in [0, 0.05) is 0 Å². The van der Waals surface area contributed by atoms with E-state index in [1.54, 1.807) is 0 Å². The second kappa shape index (κ2) is 8.41. The van der Waals surface area contributed by atoms with Crippen molar-refractivity contribution in [2.45, 2.75) is 6.42 Å². The fourth-order valence-corrected chi connectivity index (χ4v) is 0.321. The van der Waals surface area contributed by atoms with Gasteiger partial charge < -0.3 is 14.6 Å². The van der Waals surface area contributed by atoms with Crippen molar-refractivity contribution in [3.63, 3.8) is 0 Å². The molecule has 0 fully saturated rings. The van der Waals surface area contributed by atoms with Gasteiger partial charge in [0.05, 0.1) is 12.4 Å². The summed E-state index contributed by atoms with van der Waals surface area (Å²) in [4.78, 5) is 20.1. The van der Waals surface area contributed by atoms with Crippen LogP contribution in [0.1, 0.15) is 6.42 Å². The Hall–Kier alpha value is 0.316. The molecular weight excluding hydrogens is 175 g/mol. The van der Waals surface area contributed by atoms with E-state index in [9.17, 15) is 14.7 Å². The fourth-order valence-electron chi connectivity index (χ4n) is 0.321. The number of hydrogen-bond acceptors (Lipinski definition) is 4. The topological polar surface area (TPSA) is 66.4 Å². The van der Waals surface area contributed by atoms with Crippen molar-refractivity contribution in [2.24, 2.45) is 0 Å². The molecule has 5 heteroatoms. The molecule has 56 valence electrons. The molecule has 0 saturated carbocycles. The van der Waals surface area contributed by atoms with E-state index in [0.717, 1.165) is 0 Å². The third-order valence-corrected chi connectivity index (χ3v) is 0.651. The van der Waals surface area contributed by atoms with Crippen molar-refractivity contribution in [2.75, 3.05) is 6.61 Å². The molecule has 0 aliphatic rings. The number of carbonyl (C=O) groups excluding carboxylic acids is 2. The zero-order chi connectivity index (χ0) is 7.98. The van der Waals surface area contributed by atoms with E-state index in [4.69, 9.17) is 0 Å². The molecule has 0 unspecified atom stereocenters. The summed E-state index contributed by atoms with van der Waals surface area (Å²) in [5.74, 6) is -2.24. The average molecular weight is 182 g/mol. The SMILES string of the molecule is C=CCOC(=O)CC(=O)[O-].[K+]. The van der Waals surface area contributed by atoms with E-state index < -0.39 is 18.4 Å². The van der Waals surface area contributed by atoms with Crippen molar-refractivity contribution in [3.05, 3.63) is 12.7 Å². The third kappa shape index (κ3) is 10.3. The molecule has 0 aromatic heterocycles. The number of carboxylic acid groups (broad SMARTS) is 1. The normalized spacial score (nSPS) is 7.64. The van der Waals surface area contributed by atoms with Crippen molar-refractivity contribution in [3.8, 4) is 0 Å². The van der Waals surface area contributed by atoms with Gasteiger partial charge in [-0.15, -0.1) is 0 Å². The van der Waals surface area contributed by atoms with Crippen molar-refractivity contribution >= 4 is 11.9 Å². The summed E-state index contributed by atoms with van der Waals surface area (Å²) < 4.78 is 4.32. The van der Waals surface area contributed by atoms with Crippen LogP contribution in [0, 0.1) is 0 Å². The Balaban J connectivity index is 0. The fraction of sp³-hybridized carbons (Fsp3) is 0.333. The number of hydrogen-bond donors (Lipinski definition) is 0. The van der Waals surface area contributed by atoms with Gasteiger partial charge in [0.25, 0.3) is 0 Å². The Morgan fingerprint density at radius 1 is 1.55 bits per heavy atom. The summed E-state index contributed by atoms with van der Waals surface area (Å²) >= 11 is 0. The maximum atomic E-state index is 10.3. The molecule has 0 amide bonds. The molecule has 4 nitrogen and oxygen atoms in total. The molecule has 0 rings (SSSR count). The second-order valence-electron chi connectivity index (χ2n) is 1.52. The first-order valence-electron chi connectivity index (χ1n) is 2.63. The molecule has 11 heavy (non-hydrogen) atoms. The van der Waals surface area contributed by atoms with Crippen LogP contribution in [-0.4, -0.2) is 18.5 Å². The molecule has 0 aromatic carbocycles. The average Bonchev–Trinajstić information content (AvgIpc) is 1.82. The Labute approximate surface area is 107 Å². The smallest absolute Gasteiger partial charge is 0.550 e. The minimum Gasteiger partial charge on any atom is -0.550 e. The van der Waals surface area contributed by atoms with Gasteiger partial charge in [0.1, 0.15) is 6.61 Å². The molecule has 0 radical (unpaired) electrons. The molecule has 0 bridgehead atoms. The predicted molar refractivity (Wildman–Crippen MR) is 30.8 cm³/mol. The largest absolute Gasteiger partial charge is 1.00 e. The Kier molecular flexibility index (Phi) is 10.6. The van der Waals surface area contributed by atoms with Crippen LogP contribution in [-0.2, 0) is 14.3 Å². The molecule has 0 aliphatic heterocycles. The quantitative estimate of drug-likeness (QED) is 0.192. The maximum Gasteiger partial charge on any atom is 1.00 e. The zero-order valence-electron chi connectivity index (χ0n) is 6.33. The van der Waals surface area contributed by atoms with Crippen LogP contribution in [0.15, 0.2) is 12.7 Å². The Bertz CT molecular complexity index is 155. The van der Waals surface area contributed by atoms with Crippen LogP contribution in [0.2, 0.25) is 0 Å². The number of carbonyl (C=O) groups is 2. The molecule has 0 aliphatic carbocycles. The van der Waals surface area contributed by atoms with E-state index in [-0.39, 0.29) is 58.0 Å². The van der Waals surface area contributed by atoms with Gasteiger partial charge in [-0.2, -0.15) is 0 Å². The molecule has 0 aromatic rings. The van der Waals surface area contributed by atoms with Gasteiger partial charge >= 0.3 is 57.4 Å². The summed E-state index contributed by atoms with van der Waals surface area (Å²) in [5.41, 5.74) is 0. The molecule has 0 saturated heterocycles. The van der Waals surface area contributed by atoms with E-state index in [2.05, 4.69) is 11.3 Å². The molecule has 0 N–H and O–H groups in total. The van der Waals surface area contributed by atoms with E-state index in [0.29, 0.717) is 0 Å². The zero-order valence-corrected chi connectivity index (χ0v) is 9.45. The Morgan fingerprint density at radius 3 is 2.45 bits per heavy atom. The molecule has 0 atom stereocenters. The number of carboxylic acids is 1. The monoisotopic (exact) mass is 182 g/mol. The molecular formula is C6H7KO4. The summed E-state index contributed by atoms with van der Waals surface area (Å²) in [5, 5.41) is 9.74. The molecule has 0 spiro atoms. The number of ether oxygens (including phenoxy) is 1. The third-order valence-electron chi connectivity index (χ3n) is 0.651. The van der Waals surface area contributed by atoms with Gasteiger partial charge in [-0.25, -0.2) is 0 Å². The van der Waals surface area contributed by atoms with Gasteiger partial charge in [-0.3, -0.25) is 4.79 Å². The van der Waals surface area contributed by atoms with Gasteiger partial charge in [-0.05, 0) is 0 Å². The number of aliphatic carboxylic acids is 1. The van der Waals surface area contributed by atoms with Crippen LogP contribution >= 0.6 is 0 Å². The Morgan fingerprint density at radius 2 is 2.09 bits per heavy atom. The van der Waals surface area contributed by atoms with Crippen molar-refractivity contribution in [1.29, 1.82) is 0 Å². The first kappa shape index (κ1) is 13.9. The van der Waals surface area contributed by atoms with Crippen LogP contribution < -0.4 is 56.5 Å². The van der Waals surface area contributed by atoms with Crippen LogP contribution in [0.3, 0.4) is 0 Å². The molecule has 0 heterocycles. The van der Waals surface area contributed by atoms with Crippen molar-refractivity contribution in [1.82, 2.24) is 0 Å². The van der Waals surface area contributed by atoms with Gasteiger partial charge in [0.2, 0.25) is 0 Å². The first-order valence-corrected chi connectivity index (χ1v) is 2.63. The number of esters is 1. The maximum absolute atomic E-state index is 10.3. The summed E-state index contributed by atoms with van der Waals surface area (Å²) in [7, 11) is 0. The second-order valence-corrected chi connectivity index (χ2v) is 1.52. The van der Waals surface area contributed by atoms with Gasteiger partial charge in [0.15, 0.2) is 0 Å². The number of rotatable bonds is 4. The summed E-state index contributed by atoms with van der Waals surface area (Å²) in [6, 6.07) is 0. The van der Waals surface area contributed by atoms with Crippen LogP contribution in [0.5, 0.6) is 0 Å². The predicted octanol–water partition coefficient (Wildman–Crippen LogP) is -4.14. The van der Waals surface area contributed by atoms with E-state index in [1.807, 2.05) is 0 Å². The standard InChI is InChI=1S/C6H8O4.K/c1-2-3-10-6(9)4-5(7)8;/h2H,1,3-4H2,(H,7,8);/q;+1/p-1. The van der Waals surface area contributed by atoms with E-state index >= 15 is 0 Å². The minimum absolute atomic E-state index is 0. The van der Waals surface area contributed by atoms with Crippen LogP contribution in [0.4, 0.5) is 0 Å².